The smallest absolute Gasteiger partial charge is 0.120 e. The summed E-state index contributed by atoms with van der Waals surface area (Å²) in [6.45, 7) is 10.8. The molecule has 1 unspecified atom stereocenters. The summed E-state index contributed by atoms with van der Waals surface area (Å²) in [7, 11) is 2.23. The molecule has 5 nitrogen and oxygen atoms in total. The molecule has 0 aromatic carbocycles. The lowest BCUT2D eigenvalue weighted by molar-refractivity contribution is 0.0594. The normalized spacial score (nSPS) is 25.2. The standard InChI is InChI=1S/C16H29N5/c1-14(21-11-9-19(2)10-12-21)15-3-7-20(8-4-15)13-16-17-5-6-18-16/h5-6,14-15H,3-4,7-13H2,1-2H3,(H,17,18). The van der Waals surface area contributed by atoms with Crippen molar-refractivity contribution in [3.05, 3.63) is 18.2 Å². The molecule has 21 heavy (non-hydrogen) atoms. The van der Waals surface area contributed by atoms with Crippen LogP contribution >= 0.6 is 0 Å². The van der Waals surface area contributed by atoms with Crippen LogP contribution in [0.25, 0.3) is 0 Å². The van der Waals surface area contributed by atoms with Crippen LogP contribution in [-0.2, 0) is 6.54 Å². The van der Waals surface area contributed by atoms with Gasteiger partial charge in [0.1, 0.15) is 5.82 Å². The molecule has 2 aliphatic rings. The van der Waals surface area contributed by atoms with Crippen molar-refractivity contribution in [2.24, 2.45) is 5.92 Å². The van der Waals surface area contributed by atoms with Crippen LogP contribution in [0.15, 0.2) is 12.4 Å². The molecule has 0 amide bonds. The van der Waals surface area contributed by atoms with Gasteiger partial charge >= 0.3 is 0 Å². The van der Waals surface area contributed by atoms with Crippen LogP contribution in [0.1, 0.15) is 25.6 Å². The Hall–Kier alpha value is -0.910. The Balaban J connectivity index is 1.44. The average molecular weight is 291 g/mol. The summed E-state index contributed by atoms with van der Waals surface area (Å²) in [6, 6.07) is 0.740. The number of hydrogen-bond acceptors (Lipinski definition) is 4. The van der Waals surface area contributed by atoms with Crippen LogP contribution in [0.3, 0.4) is 0 Å². The number of nitrogens with one attached hydrogen (secondary N) is 1. The SMILES string of the molecule is CC(C1CCN(Cc2ncc[nH]2)CC1)N1CCN(C)CC1. The van der Waals surface area contributed by atoms with E-state index < -0.39 is 0 Å². The molecule has 3 heterocycles. The number of likely N-dealkylation sites (N-methyl/N-ethyl adjacent to an activating group) is 1. The van der Waals surface area contributed by atoms with Crippen molar-refractivity contribution in [1.29, 1.82) is 0 Å². The Bertz CT molecular complexity index is 402. The topological polar surface area (TPSA) is 38.4 Å². The number of hydrogen-bond donors (Lipinski definition) is 1. The molecule has 0 radical (unpaired) electrons. The van der Waals surface area contributed by atoms with E-state index in [-0.39, 0.29) is 0 Å². The molecule has 1 aromatic rings. The van der Waals surface area contributed by atoms with Gasteiger partial charge in [-0.2, -0.15) is 0 Å². The van der Waals surface area contributed by atoms with Crippen LogP contribution in [0.4, 0.5) is 0 Å². The predicted octanol–water partition coefficient (Wildman–Crippen LogP) is 1.26. The van der Waals surface area contributed by atoms with E-state index in [0.717, 1.165) is 24.3 Å². The van der Waals surface area contributed by atoms with Crippen LogP contribution in [0, 0.1) is 5.92 Å². The number of aromatic amines is 1. The molecule has 2 aliphatic heterocycles. The average Bonchev–Trinajstić information content (AvgIpc) is 3.01. The lowest BCUT2D eigenvalue weighted by Gasteiger charge is -2.42. The fraction of sp³-hybridized carbons (Fsp3) is 0.812. The Morgan fingerprint density at radius 3 is 2.52 bits per heavy atom. The minimum absolute atomic E-state index is 0.740. The van der Waals surface area contributed by atoms with Gasteiger partial charge in [0.25, 0.3) is 0 Å². The zero-order valence-corrected chi connectivity index (χ0v) is 13.5. The third-order valence-corrected chi connectivity index (χ3v) is 5.36. The Labute approximate surface area is 128 Å². The first-order valence-electron chi connectivity index (χ1n) is 8.35. The first-order chi connectivity index (χ1) is 10.2. The summed E-state index contributed by atoms with van der Waals surface area (Å²) in [5.41, 5.74) is 0. The van der Waals surface area contributed by atoms with E-state index in [0.29, 0.717) is 0 Å². The quantitative estimate of drug-likeness (QED) is 0.906. The Morgan fingerprint density at radius 2 is 1.90 bits per heavy atom. The highest BCUT2D eigenvalue weighted by atomic mass is 15.3. The molecule has 0 bridgehead atoms. The number of nitrogens with zero attached hydrogens (tertiary/aromatic N) is 4. The van der Waals surface area contributed by atoms with Gasteiger partial charge in [-0.3, -0.25) is 9.80 Å². The fourth-order valence-electron chi connectivity index (χ4n) is 3.72. The molecule has 0 spiro atoms. The minimum Gasteiger partial charge on any atom is -0.348 e. The van der Waals surface area contributed by atoms with Crippen molar-refractivity contribution in [2.45, 2.75) is 32.4 Å². The van der Waals surface area contributed by atoms with E-state index in [1.807, 2.05) is 12.4 Å². The number of piperidine rings is 1. The van der Waals surface area contributed by atoms with E-state index in [4.69, 9.17) is 0 Å². The molecule has 2 saturated heterocycles. The molecule has 3 rings (SSSR count). The van der Waals surface area contributed by atoms with E-state index in [1.165, 1.54) is 52.1 Å². The minimum atomic E-state index is 0.740. The van der Waals surface area contributed by atoms with Gasteiger partial charge in [0.05, 0.1) is 6.54 Å². The van der Waals surface area contributed by atoms with Gasteiger partial charge in [0, 0.05) is 44.6 Å². The number of imidazole rings is 1. The van der Waals surface area contributed by atoms with Crippen molar-refractivity contribution in [3.8, 4) is 0 Å². The second-order valence-electron chi connectivity index (χ2n) is 6.73. The molecule has 1 atom stereocenters. The number of H-pyrrole nitrogens is 1. The zero-order chi connectivity index (χ0) is 14.7. The van der Waals surface area contributed by atoms with Gasteiger partial charge in [-0.15, -0.1) is 0 Å². The molecule has 2 fully saturated rings. The maximum atomic E-state index is 4.33. The lowest BCUT2D eigenvalue weighted by Crippen LogP contribution is -2.51. The number of rotatable bonds is 4. The second kappa shape index (κ2) is 6.90. The highest BCUT2D eigenvalue weighted by Gasteiger charge is 2.29. The van der Waals surface area contributed by atoms with Crippen LogP contribution in [0.5, 0.6) is 0 Å². The first kappa shape index (κ1) is 15.0. The first-order valence-corrected chi connectivity index (χ1v) is 8.35. The highest BCUT2D eigenvalue weighted by molar-refractivity contribution is 4.89. The summed E-state index contributed by atoms with van der Waals surface area (Å²) >= 11 is 0. The molecule has 1 N–H and O–H groups in total. The van der Waals surface area contributed by atoms with Crippen molar-refractivity contribution < 1.29 is 0 Å². The summed E-state index contributed by atoms with van der Waals surface area (Å²) < 4.78 is 0. The van der Waals surface area contributed by atoms with Crippen LogP contribution in [0.2, 0.25) is 0 Å². The molecule has 0 aliphatic carbocycles. The van der Waals surface area contributed by atoms with Crippen LogP contribution in [-0.4, -0.2) is 77.0 Å². The maximum Gasteiger partial charge on any atom is 0.120 e. The number of likely N-dealkylation sites (tertiary alicyclic amines) is 1. The van der Waals surface area contributed by atoms with Gasteiger partial charge in [-0.05, 0) is 45.8 Å². The molecule has 118 valence electrons. The summed E-state index contributed by atoms with van der Waals surface area (Å²) in [6.07, 6.45) is 6.41. The van der Waals surface area contributed by atoms with Crippen molar-refractivity contribution in [3.63, 3.8) is 0 Å². The fourth-order valence-corrected chi connectivity index (χ4v) is 3.72. The van der Waals surface area contributed by atoms with Crippen molar-refractivity contribution in [2.75, 3.05) is 46.3 Å². The number of piperazine rings is 1. The Morgan fingerprint density at radius 1 is 1.19 bits per heavy atom. The van der Waals surface area contributed by atoms with Gasteiger partial charge in [-0.1, -0.05) is 0 Å². The van der Waals surface area contributed by atoms with E-state index in [2.05, 4.69) is 38.6 Å². The monoisotopic (exact) mass is 291 g/mol. The van der Waals surface area contributed by atoms with Gasteiger partial charge < -0.3 is 9.88 Å². The molecular weight excluding hydrogens is 262 g/mol. The molecule has 1 aromatic heterocycles. The predicted molar refractivity (Wildman–Crippen MR) is 85.1 cm³/mol. The molecule has 0 saturated carbocycles. The van der Waals surface area contributed by atoms with Crippen LogP contribution < -0.4 is 0 Å². The largest absolute Gasteiger partial charge is 0.348 e. The second-order valence-corrected chi connectivity index (χ2v) is 6.73. The summed E-state index contributed by atoms with van der Waals surface area (Å²) in [5.74, 6) is 1.96. The summed E-state index contributed by atoms with van der Waals surface area (Å²) in [4.78, 5) is 15.2. The lowest BCUT2D eigenvalue weighted by atomic mass is 9.89. The molecular formula is C16H29N5. The zero-order valence-electron chi connectivity index (χ0n) is 13.5. The van der Waals surface area contributed by atoms with Gasteiger partial charge in [0.15, 0.2) is 0 Å². The van der Waals surface area contributed by atoms with Gasteiger partial charge in [-0.25, -0.2) is 4.98 Å². The van der Waals surface area contributed by atoms with E-state index in [1.54, 1.807) is 0 Å². The van der Waals surface area contributed by atoms with Gasteiger partial charge in [0.2, 0.25) is 0 Å². The Kier molecular flexibility index (Phi) is 4.93. The molecule has 5 heteroatoms. The third-order valence-electron chi connectivity index (χ3n) is 5.36. The van der Waals surface area contributed by atoms with Crippen molar-refractivity contribution in [1.82, 2.24) is 24.7 Å². The van der Waals surface area contributed by atoms with E-state index >= 15 is 0 Å². The van der Waals surface area contributed by atoms with Crippen molar-refractivity contribution >= 4 is 0 Å². The van der Waals surface area contributed by atoms with E-state index in [9.17, 15) is 0 Å². The number of aromatic nitrogens is 2. The maximum absolute atomic E-state index is 4.33. The highest BCUT2D eigenvalue weighted by Crippen LogP contribution is 2.25. The summed E-state index contributed by atoms with van der Waals surface area (Å²) in [5, 5.41) is 0. The third kappa shape index (κ3) is 3.84.